The molecule has 3 rings (SSSR count). The van der Waals surface area contributed by atoms with E-state index in [-0.39, 0.29) is 12.5 Å². The molecule has 1 amide bonds. The lowest BCUT2D eigenvalue weighted by Gasteiger charge is -2.14. The summed E-state index contributed by atoms with van der Waals surface area (Å²) in [5.74, 6) is 1.57. The summed E-state index contributed by atoms with van der Waals surface area (Å²) in [6, 6.07) is 11.5. The molecule has 5 heteroatoms. The quantitative estimate of drug-likeness (QED) is 0.689. The number of anilines is 1. The van der Waals surface area contributed by atoms with E-state index in [9.17, 15) is 4.79 Å². The van der Waals surface area contributed by atoms with Crippen LogP contribution < -0.4 is 10.1 Å². The number of carbonyl (C=O) groups excluding carboxylic acids is 1. The fourth-order valence-corrected chi connectivity index (χ4v) is 2.79. The smallest absolute Gasteiger partial charge is 0.262 e. The van der Waals surface area contributed by atoms with Crippen LogP contribution in [0.1, 0.15) is 43.7 Å². The lowest BCUT2D eigenvalue weighted by atomic mass is 10.0. The van der Waals surface area contributed by atoms with Crippen LogP contribution in [0.25, 0.3) is 11.1 Å². The van der Waals surface area contributed by atoms with Gasteiger partial charge >= 0.3 is 0 Å². The summed E-state index contributed by atoms with van der Waals surface area (Å²) in [4.78, 5) is 16.7. The van der Waals surface area contributed by atoms with Crippen molar-refractivity contribution in [3.05, 3.63) is 53.4 Å². The lowest BCUT2D eigenvalue weighted by Crippen LogP contribution is -2.20. The van der Waals surface area contributed by atoms with Crippen LogP contribution in [-0.2, 0) is 11.2 Å². The van der Waals surface area contributed by atoms with Gasteiger partial charge in [0.2, 0.25) is 0 Å². The van der Waals surface area contributed by atoms with Crippen molar-refractivity contribution in [1.82, 2.24) is 4.98 Å². The van der Waals surface area contributed by atoms with E-state index in [2.05, 4.69) is 36.3 Å². The lowest BCUT2D eigenvalue weighted by molar-refractivity contribution is -0.118. The van der Waals surface area contributed by atoms with Gasteiger partial charge in [-0.15, -0.1) is 0 Å². The molecule has 1 N–H and O–H groups in total. The van der Waals surface area contributed by atoms with Gasteiger partial charge in [-0.3, -0.25) is 4.79 Å². The minimum Gasteiger partial charge on any atom is -0.483 e. The number of hydrogen-bond donors (Lipinski definition) is 1. The molecule has 5 nitrogen and oxygen atoms in total. The number of aromatic nitrogens is 1. The highest BCUT2D eigenvalue weighted by atomic mass is 16.5. The van der Waals surface area contributed by atoms with Gasteiger partial charge in [0.25, 0.3) is 5.91 Å². The first-order valence-electron chi connectivity index (χ1n) is 8.89. The van der Waals surface area contributed by atoms with Crippen LogP contribution in [0.3, 0.4) is 0 Å². The standard InChI is InChI=1S/C21H24N2O3/c1-5-21-23-17-11-15(7-9-18(17)26-21)22-20(24)12-25-19-10-14(4)6-8-16(19)13(2)3/h6-11,13H,5,12H2,1-4H3,(H,22,24). The largest absolute Gasteiger partial charge is 0.483 e. The predicted octanol–water partition coefficient (Wildman–Crippen LogP) is 4.84. The molecule has 1 aromatic heterocycles. The maximum atomic E-state index is 12.3. The fourth-order valence-electron chi connectivity index (χ4n) is 2.79. The van der Waals surface area contributed by atoms with Crippen molar-refractivity contribution < 1.29 is 13.9 Å². The summed E-state index contributed by atoms with van der Waals surface area (Å²) in [5, 5.41) is 2.85. The molecular formula is C21H24N2O3. The number of oxazole rings is 1. The fraction of sp³-hybridized carbons (Fsp3) is 0.333. The van der Waals surface area contributed by atoms with Crippen molar-refractivity contribution in [1.29, 1.82) is 0 Å². The van der Waals surface area contributed by atoms with Gasteiger partial charge in [0.05, 0.1) is 0 Å². The summed E-state index contributed by atoms with van der Waals surface area (Å²) >= 11 is 0. The highest BCUT2D eigenvalue weighted by Gasteiger charge is 2.11. The van der Waals surface area contributed by atoms with E-state index in [1.807, 2.05) is 32.0 Å². The number of aryl methyl sites for hydroxylation is 2. The van der Waals surface area contributed by atoms with E-state index >= 15 is 0 Å². The summed E-state index contributed by atoms with van der Waals surface area (Å²) < 4.78 is 11.4. The van der Waals surface area contributed by atoms with Crippen LogP contribution in [0.15, 0.2) is 40.8 Å². The van der Waals surface area contributed by atoms with Crippen molar-refractivity contribution in [2.75, 3.05) is 11.9 Å². The zero-order valence-electron chi connectivity index (χ0n) is 15.6. The molecule has 0 aliphatic heterocycles. The van der Waals surface area contributed by atoms with E-state index in [0.717, 1.165) is 34.4 Å². The molecule has 0 fully saturated rings. The molecule has 0 aliphatic rings. The maximum Gasteiger partial charge on any atom is 0.262 e. The van der Waals surface area contributed by atoms with Gasteiger partial charge in [-0.1, -0.05) is 32.9 Å². The normalized spacial score (nSPS) is 11.1. The number of amides is 1. The molecule has 0 saturated carbocycles. The first-order chi connectivity index (χ1) is 12.5. The number of rotatable bonds is 6. The Kier molecular flexibility index (Phi) is 5.26. The third kappa shape index (κ3) is 4.04. The maximum absolute atomic E-state index is 12.3. The third-order valence-corrected chi connectivity index (χ3v) is 4.17. The van der Waals surface area contributed by atoms with Crippen LogP contribution in [0.2, 0.25) is 0 Å². The van der Waals surface area contributed by atoms with Crippen LogP contribution in [-0.4, -0.2) is 17.5 Å². The molecular weight excluding hydrogens is 328 g/mol. The molecule has 0 aliphatic carbocycles. The van der Waals surface area contributed by atoms with E-state index in [4.69, 9.17) is 9.15 Å². The topological polar surface area (TPSA) is 64.4 Å². The van der Waals surface area contributed by atoms with E-state index in [1.165, 1.54) is 0 Å². The second kappa shape index (κ2) is 7.60. The van der Waals surface area contributed by atoms with E-state index in [1.54, 1.807) is 6.07 Å². The molecule has 0 saturated heterocycles. The number of nitrogens with one attached hydrogen (secondary N) is 1. The second-order valence-corrected chi connectivity index (χ2v) is 6.68. The van der Waals surface area contributed by atoms with Crippen molar-refractivity contribution in [3.63, 3.8) is 0 Å². The molecule has 3 aromatic rings. The van der Waals surface area contributed by atoms with E-state index in [0.29, 0.717) is 17.5 Å². The molecule has 0 unspecified atom stereocenters. The van der Waals surface area contributed by atoms with Gasteiger partial charge in [-0.05, 0) is 48.2 Å². The van der Waals surface area contributed by atoms with Gasteiger partial charge in [0, 0.05) is 12.1 Å². The Morgan fingerprint density at radius 3 is 2.77 bits per heavy atom. The molecule has 0 atom stereocenters. The Morgan fingerprint density at radius 1 is 1.23 bits per heavy atom. The SMILES string of the molecule is CCc1nc2cc(NC(=O)COc3cc(C)ccc3C(C)C)ccc2o1. The average molecular weight is 352 g/mol. The van der Waals surface area contributed by atoms with Crippen LogP contribution in [0.4, 0.5) is 5.69 Å². The number of hydrogen-bond acceptors (Lipinski definition) is 4. The molecule has 136 valence electrons. The van der Waals surface area contributed by atoms with Crippen molar-refractivity contribution in [3.8, 4) is 5.75 Å². The summed E-state index contributed by atoms with van der Waals surface area (Å²) in [6.45, 7) is 8.17. The Balaban J connectivity index is 1.67. The Morgan fingerprint density at radius 2 is 2.04 bits per heavy atom. The zero-order valence-corrected chi connectivity index (χ0v) is 15.6. The Bertz CT molecular complexity index is 928. The summed E-state index contributed by atoms with van der Waals surface area (Å²) in [6.07, 6.45) is 0.735. The molecule has 0 bridgehead atoms. The van der Waals surface area contributed by atoms with Gasteiger partial charge < -0.3 is 14.5 Å². The first kappa shape index (κ1) is 18.0. The average Bonchev–Trinajstić information content (AvgIpc) is 3.02. The van der Waals surface area contributed by atoms with Crippen LogP contribution in [0.5, 0.6) is 5.75 Å². The molecule has 26 heavy (non-hydrogen) atoms. The van der Waals surface area contributed by atoms with Gasteiger partial charge in [0.15, 0.2) is 18.1 Å². The van der Waals surface area contributed by atoms with Gasteiger partial charge in [-0.2, -0.15) is 0 Å². The Hall–Kier alpha value is -2.82. The van der Waals surface area contributed by atoms with Crippen molar-refractivity contribution >= 4 is 22.7 Å². The minimum absolute atomic E-state index is 0.0414. The highest BCUT2D eigenvalue weighted by molar-refractivity contribution is 5.93. The first-order valence-corrected chi connectivity index (χ1v) is 8.89. The zero-order chi connectivity index (χ0) is 18.7. The molecule has 0 spiro atoms. The van der Waals surface area contributed by atoms with Crippen LogP contribution in [0, 0.1) is 6.92 Å². The number of ether oxygens (including phenoxy) is 1. The number of benzene rings is 2. The second-order valence-electron chi connectivity index (χ2n) is 6.68. The minimum atomic E-state index is -0.209. The van der Waals surface area contributed by atoms with Crippen LogP contribution >= 0.6 is 0 Å². The third-order valence-electron chi connectivity index (χ3n) is 4.17. The Labute approximate surface area is 153 Å². The van der Waals surface area contributed by atoms with Crippen molar-refractivity contribution in [2.24, 2.45) is 0 Å². The summed E-state index contributed by atoms with van der Waals surface area (Å²) in [5.41, 5.74) is 4.33. The monoisotopic (exact) mass is 352 g/mol. The summed E-state index contributed by atoms with van der Waals surface area (Å²) in [7, 11) is 0. The van der Waals surface area contributed by atoms with Crippen molar-refractivity contribution in [2.45, 2.75) is 40.0 Å². The molecule has 1 heterocycles. The predicted molar refractivity (Wildman–Crippen MR) is 103 cm³/mol. The van der Waals surface area contributed by atoms with Gasteiger partial charge in [0.1, 0.15) is 11.3 Å². The number of nitrogens with zero attached hydrogens (tertiary/aromatic N) is 1. The molecule has 0 radical (unpaired) electrons. The highest BCUT2D eigenvalue weighted by Crippen LogP contribution is 2.27. The van der Waals surface area contributed by atoms with Gasteiger partial charge in [-0.25, -0.2) is 4.98 Å². The van der Waals surface area contributed by atoms with E-state index < -0.39 is 0 Å². The molecule has 2 aromatic carbocycles. The number of fused-ring (bicyclic) bond motifs is 1. The number of carbonyl (C=O) groups is 1.